The van der Waals surface area contributed by atoms with Gasteiger partial charge in [0, 0.05) is 18.6 Å². The summed E-state index contributed by atoms with van der Waals surface area (Å²) in [6.45, 7) is 1.26. The normalized spacial score (nSPS) is 14.5. The minimum atomic E-state index is -1.36. The second kappa shape index (κ2) is 13.4. The lowest BCUT2D eigenvalue weighted by Gasteiger charge is -2.23. The lowest BCUT2D eigenvalue weighted by molar-refractivity contribution is -0.141. The molecular weight excluding hydrogens is 424 g/mol. The summed E-state index contributed by atoms with van der Waals surface area (Å²) in [7, 11) is 0. The molecule has 0 radical (unpaired) electrons. The Labute approximate surface area is 177 Å². The van der Waals surface area contributed by atoms with E-state index in [0.717, 1.165) is 0 Å². The zero-order chi connectivity index (χ0) is 23.4. The van der Waals surface area contributed by atoms with Gasteiger partial charge in [-0.15, -0.1) is 0 Å². The average molecular weight is 450 g/mol. The summed E-state index contributed by atoms with van der Waals surface area (Å²) in [5, 5.41) is 33.0. The number of carbonyl (C=O) groups excluding carboxylic acids is 3. The minimum absolute atomic E-state index is 0.187. The van der Waals surface area contributed by atoms with Crippen molar-refractivity contribution in [1.29, 1.82) is 0 Å². The number of hydrogen-bond acceptors (Lipinski definition) is 8. The van der Waals surface area contributed by atoms with Gasteiger partial charge in [-0.1, -0.05) is 0 Å². The second-order valence-electron chi connectivity index (χ2n) is 6.34. The van der Waals surface area contributed by atoms with Crippen LogP contribution in [0.3, 0.4) is 0 Å². The van der Waals surface area contributed by atoms with E-state index in [4.69, 9.17) is 21.1 Å². The van der Waals surface area contributed by atoms with Gasteiger partial charge in [-0.25, -0.2) is 4.79 Å². The molecule has 4 atom stereocenters. The summed E-state index contributed by atoms with van der Waals surface area (Å²) in [5.74, 6) is -6.49. The van der Waals surface area contributed by atoms with E-state index in [1.54, 1.807) is 0 Å². The van der Waals surface area contributed by atoms with Crippen LogP contribution < -0.4 is 21.7 Å². The largest absolute Gasteiger partial charge is 0.481 e. The molecule has 0 aliphatic carbocycles. The Hall–Kier alpha value is -2.87. The molecule has 0 aliphatic heterocycles. The maximum atomic E-state index is 12.4. The van der Waals surface area contributed by atoms with Crippen molar-refractivity contribution < 1.29 is 44.1 Å². The molecule has 4 unspecified atom stereocenters. The zero-order valence-electron chi connectivity index (χ0n) is 16.2. The van der Waals surface area contributed by atoms with Gasteiger partial charge in [0.25, 0.3) is 0 Å². The molecule has 0 spiro atoms. The number of carboxylic acid groups (broad SMARTS) is 3. The fourth-order valence-electron chi connectivity index (χ4n) is 2.09. The van der Waals surface area contributed by atoms with Crippen LogP contribution in [0.2, 0.25) is 0 Å². The van der Waals surface area contributed by atoms with Crippen LogP contribution in [0.15, 0.2) is 0 Å². The molecule has 170 valence electrons. The van der Waals surface area contributed by atoms with Crippen molar-refractivity contribution in [3.8, 4) is 0 Å². The van der Waals surface area contributed by atoms with E-state index in [9.17, 15) is 28.8 Å². The van der Waals surface area contributed by atoms with Gasteiger partial charge in [-0.2, -0.15) is 12.6 Å². The predicted octanol–water partition coefficient (Wildman–Crippen LogP) is -2.47. The van der Waals surface area contributed by atoms with Crippen molar-refractivity contribution in [3.63, 3.8) is 0 Å². The number of amides is 3. The number of rotatable bonds is 14. The van der Waals surface area contributed by atoms with Crippen LogP contribution in [0.1, 0.15) is 32.6 Å². The van der Waals surface area contributed by atoms with Gasteiger partial charge >= 0.3 is 17.9 Å². The highest BCUT2D eigenvalue weighted by Gasteiger charge is 2.28. The summed E-state index contributed by atoms with van der Waals surface area (Å²) in [6, 6.07) is -5.09. The van der Waals surface area contributed by atoms with Crippen molar-refractivity contribution in [2.75, 3.05) is 5.75 Å². The number of nitrogens with one attached hydrogen (secondary N) is 3. The van der Waals surface area contributed by atoms with E-state index in [1.165, 1.54) is 6.92 Å². The Balaban J connectivity index is 5.05. The molecule has 0 aliphatic rings. The van der Waals surface area contributed by atoms with Crippen molar-refractivity contribution in [3.05, 3.63) is 0 Å². The molecule has 30 heavy (non-hydrogen) atoms. The quantitative estimate of drug-likeness (QED) is 0.130. The highest BCUT2D eigenvalue weighted by atomic mass is 32.1. The highest BCUT2D eigenvalue weighted by molar-refractivity contribution is 7.80. The number of carboxylic acids is 3. The Morgan fingerprint density at radius 1 is 0.800 bits per heavy atom. The molecule has 8 N–H and O–H groups in total. The summed E-state index contributed by atoms with van der Waals surface area (Å²) < 4.78 is 0. The van der Waals surface area contributed by atoms with Gasteiger partial charge in [-0.3, -0.25) is 24.0 Å². The lowest BCUT2D eigenvalue weighted by Crippen LogP contribution is -2.56. The predicted molar refractivity (Wildman–Crippen MR) is 105 cm³/mol. The van der Waals surface area contributed by atoms with Crippen LogP contribution in [0.25, 0.3) is 0 Å². The van der Waals surface area contributed by atoms with Gasteiger partial charge in [-0.05, 0) is 19.8 Å². The van der Waals surface area contributed by atoms with Gasteiger partial charge in [0.2, 0.25) is 17.7 Å². The number of thiol groups is 1. The summed E-state index contributed by atoms with van der Waals surface area (Å²) in [6.07, 6.45) is -1.38. The summed E-state index contributed by atoms with van der Waals surface area (Å²) in [5.41, 5.74) is 5.57. The van der Waals surface area contributed by atoms with E-state index in [0.29, 0.717) is 0 Å². The molecule has 0 aromatic rings. The molecule has 0 fully saturated rings. The first-order chi connectivity index (χ1) is 13.9. The number of carbonyl (C=O) groups is 6. The maximum Gasteiger partial charge on any atom is 0.327 e. The van der Waals surface area contributed by atoms with E-state index >= 15 is 0 Å². The molecule has 13 nitrogen and oxygen atoms in total. The van der Waals surface area contributed by atoms with Crippen LogP contribution in [-0.4, -0.2) is 80.9 Å². The monoisotopic (exact) mass is 450 g/mol. The average Bonchev–Trinajstić information content (AvgIpc) is 2.65. The van der Waals surface area contributed by atoms with Gasteiger partial charge in [0.1, 0.15) is 18.1 Å². The molecule has 14 heteroatoms. The Morgan fingerprint density at radius 2 is 1.30 bits per heavy atom. The molecular formula is C16H26N4O9S. The zero-order valence-corrected chi connectivity index (χ0v) is 17.1. The number of hydrogen-bond donors (Lipinski definition) is 8. The SMILES string of the molecule is CC(NC(=O)C(CCC(=O)O)NC(=O)C(N)CCC(=O)O)C(=O)NC(CS)C(=O)O. The molecule has 0 aromatic carbocycles. The third kappa shape index (κ3) is 10.6. The third-order valence-electron chi connectivity index (χ3n) is 3.84. The highest BCUT2D eigenvalue weighted by Crippen LogP contribution is 2.02. The standard InChI is InChI=1S/C16H26N4O9S/c1-7(13(25)20-10(6-30)16(28)29)18-15(27)9(3-5-12(23)24)19-14(26)8(17)2-4-11(21)22/h7-10,30H,2-6,17H2,1H3,(H,18,27)(H,19,26)(H,20,25)(H,21,22)(H,23,24)(H,28,29). The topological polar surface area (TPSA) is 225 Å². The lowest BCUT2D eigenvalue weighted by atomic mass is 10.1. The molecule has 0 bridgehead atoms. The number of nitrogens with two attached hydrogens (primary N) is 1. The van der Waals surface area contributed by atoms with Gasteiger partial charge in [0.15, 0.2) is 0 Å². The third-order valence-corrected chi connectivity index (χ3v) is 4.20. The fraction of sp³-hybridized carbons (Fsp3) is 0.625. The first kappa shape index (κ1) is 27.1. The van der Waals surface area contributed by atoms with Crippen LogP contribution in [0, 0.1) is 0 Å². The van der Waals surface area contributed by atoms with Crippen LogP contribution >= 0.6 is 12.6 Å². The van der Waals surface area contributed by atoms with Crippen LogP contribution in [0.4, 0.5) is 0 Å². The molecule has 0 saturated carbocycles. The second-order valence-corrected chi connectivity index (χ2v) is 6.71. The molecule has 0 aromatic heterocycles. The van der Waals surface area contributed by atoms with Crippen molar-refractivity contribution in [2.24, 2.45) is 5.73 Å². The number of aliphatic carboxylic acids is 3. The fourth-order valence-corrected chi connectivity index (χ4v) is 2.33. The Morgan fingerprint density at radius 3 is 1.77 bits per heavy atom. The minimum Gasteiger partial charge on any atom is -0.481 e. The summed E-state index contributed by atoms with van der Waals surface area (Å²) in [4.78, 5) is 68.9. The maximum absolute atomic E-state index is 12.4. The van der Waals surface area contributed by atoms with E-state index < -0.39 is 66.2 Å². The smallest absolute Gasteiger partial charge is 0.327 e. The summed E-state index contributed by atoms with van der Waals surface area (Å²) >= 11 is 3.80. The van der Waals surface area contributed by atoms with Crippen LogP contribution in [0.5, 0.6) is 0 Å². The van der Waals surface area contributed by atoms with Gasteiger partial charge in [0.05, 0.1) is 6.04 Å². The molecule has 0 rings (SSSR count). The van der Waals surface area contributed by atoms with Crippen molar-refractivity contribution >= 4 is 48.3 Å². The first-order valence-electron chi connectivity index (χ1n) is 8.83. The van der Waals surface area contributed by atoms with E-state index in [1.807, 2.05) is 0 Å². The van der Waals surface area contributed by atoms with E-state index in [2.05, 4.69) is 28.6 Å². The van der Waals surface area contributed by atoms with E-state index in [-0.39, 0.29) is 25.0 Å². The molecule has 3 amide bonds. The Bertz CT molecular complexity index is 673. The molecule has 0 saturated heterocycles. The van der Waals surface area contributed by atoms with Crippen molar-refractivity contribution in [1.82, 2.24) is 16.0 Å². The molecule has 0 heterocycles. The first-order valence-corrected chi connectivity index (χ1v) is 9.46. The van der Waals surface area contributed by atoms with Crippen molar-refractivity contribution in [2.45, 2.75) is 56.8 Å². The van der Waals surface area contributed by atoms with Gasteiger partial charge < -0.3 is 37.0 Å². The Kier molecular flexibility index (Phi) is 12.1. The van der Waals surface area contributed by atoms with Crippen LogP contribution in [-0.2, 0) is 28.8 Å².